The summed E-state index contributed by atoms with van der Waals surface area (Å²) in [6.07, 6.45) is 6.75. The minimum atomic E-state index is -1.10. The monoisotopic (exact) mass is 365 g/mol. The molecule has 1 aromatic rings. The predicted molar refractivity (Wildman–Crippen MR) is 98.0 cm³/mol. The number of hydrogen-bond donors (Lipinski definition) is 0. The van der Waals surface area contributed by atoms with E-state index in [1.165, 1.54) is 6.20 Å². The highest BCUT2D eigenvalue weighted by Gasteiger charge is 2.52. The minimum Gasteiger partial charge on any atom is -0.295 e. The van der Waals surface area contributed by atoms with E-state index in [4.69, 9.17) is 0 Å². The van der Waals surface area contributed by atoms with Gasteiger partial charge in [-0.3, -0.25) is 24.3 Å². The zero-order chi connectivity index (χ0) is 19.6. The number of Topliss-reactive ketones (excluding diaryl/α,β-unsaturated/α-hetero) is 1. The van der Waals surface area contributed by atoms with Crippen LogP contribution < -0.4 is 0 Å². The second kappa shape index (κ2) is 7.83. The molecule has 0 bridgehead atoms. The Labute approximate surface area is 158 Å². The van der Waals surface area contributed by atoms with E-state index in [1.54, 1.807) is 18.2 Å². The lowest BCUT2D eigenvalue weighted by atomic mass is 9.85. The van der Waals surface area contributed by atoms with Gasteiger partial charge in [0, 0.05) is 6.20 Å². The van der Waals surface area contributed by atoms with Crippen LogP contribution in [0.2, 0.25) is 0 Å². The normalized spacial score (nSPS) is 23.9. The number of ketones is 1. The summed E-state index contributed by atoms with van der Waals surface area (Å²) in [4.78, 5) is 44.4. The molecule has 27 heavy (non-hydrogen) atoms. The van der Waals surface area contributed by atoms with Crippen LogP contribution in [-0.4, -0.2) is 33.5 Å². The molecule has 140 valence electrons. The number of pyridine rings is 1. The van der Waals surface area contributed by atoms with Crippen LogP contribution in [0.15, 0.2) is 36.5 Å². The number of likely N-dealkylation sites (tertiary alicyclic amines) is 1. The Morgan fingerprint density at radius 2 is 1.85 bits per heavy atom. The first-order valence-electron chi connectivity index (χ1n) is 9.31. The number of nitriles is 1. The van der Waals surface area contributed by atoms with Crippen LogP contribution >= 0.6 is 0 Å². The Morgan fingerprint density at radius 3 is 2.33 bits per heavy atom. The molecule has 1 aliphatic carbocycles. The zero-order valence-electron chi connectivity index (χ0n) is 15.5. The van der Waals surface area contributed by atoms with Crippen molar-refractivity contribution in [3.8, 4) is 6.07 Å². The Balaban J connectivity index is 1.94. The van der Waals surface area contributed by atoms with Crippen molar-refractivity contribution in [2.75, 3.05) is 0 Å². The lowest BCUT2D eigenvalue weighted by molar-refractivity contribution is -0.148. The number of carbonyl (C=O) groups is 3. The van der Waals surface area contributed by atoms with Crippen LogP contribution in [0.4, 0.5) is 0 Å². The van der Waals surface area contributed by atoms with E-state index in [9.17, 15) is 19.6 Å². The van der Waals surface area contributed by atoms with Crippen LogP contribution in [0.25, 0.3) is 0 Å². The molecule has 3 rings (SSSR count). The van der Waals surface area contributed by atoms with E-state index in [2.05, 4.69) is 4.98 Å². The summed E-state index contributed by atoms with van der Waals surface area (Å²) < 4.78 is 0. The minimum absolute atomic E-state index is 0.0865. The average molecular weight is 365 g/mol. The third-order valence-corrected chi connectivity index (χ3v) is 5.27. The topological polar surface area (TPSA) is 91.1 Å². The van der Waals surface area contributed by atoms with Gasteiger partial charge in [0.15, 0.2) is 5.78 Å². The van der Waals surface area contributed by atoms with E-state index < -0.39 is 17.7 Å². The van der Waals surface area contributed by atoms with Gasteiger partial charge in [-0.1, -0.05) is 32.1 Å². The first kappa shape index (κ1) is 19.0. The maximum atomic E-state index is 13.3. The lowest BCUT2D eigenvalue weighted by Crippen LogP contribution is -2.47. The second-order valence-electron chi connectivity index (χ2n) is 7.57. The van der Waals surface area contributed by atoms with Gasteiger partial charge >= 0.3 is 0 Å². The molecule has 0 aromatic carbocycles. The zero-order valence-corrected chi connectivity index (χ0v) is 15.5. The van der Waals surface area contributed by atoms with Gasteiger partial charge in [-0.05, 0) is 37.3 Å². The second-order valence-corrected chi connectivity index (χ2v) is 7.57. The maximum absolute atomic E-state index is 13.3. The van der Waals surface area contributed by atoms with Crippen molar-refractivity contribution in [3.05, 3.63) is 42.2 Å². The Morgan fingerprint density at radius 1 is 1.22 bits per heavy atom. The highest BCUT2D eigenvalue weighted by Crippen LogP contribution is 2.38. The third-order valence-electron chi connectivity index (χ3n) is 5.27. The van der Waals surface area contributed by atoms with Crippen LogP contribution in [0.1, 0.15) is 44.7 Å². The van der Waals surface area contributed by atoms with Crippen LogP contribution in [0, 0.1) is 29.1 Å². The van der Waals surface area contributed by atoms with Gasteiger partial charge in [0.05, 0.1) is 23.6 Å². The molecule has 1 aliphatic heterocycles. The van der Waals surface area contributed by atoms with Crippen molar-refractivity contribution in [2.45, 2.75) is 45.1 Å². The maximum Gasteiger partial charge on any atom is 0.234 e. The molecule has 1 saturated heterocycles. The van der Waals surface area contributed by atoms with Crippen LogP contribution in [0.5, 0.6) is 0 Å². The van der Waals surface area contributed by atoms with Crippen molar-refractivity contribution >= 4 is 17.6 Å². The molecule has 0 spiro atoms. The fourth-order valence-corrected chi connectivity index (χ4v) is 3.94. The van der Waals surface area contributed by atoms with Gasteiger partial charge in [-0.25, -0.2) is 0 Å². The summed E-state index contributed by atoms with van der Waals surface area (Å²) in [5.41, 5.74) is 0.344. The first-order valence-corrected chi connectivity index (χ1v) is 9.31. The molecule has 6 nitrogen and oxygen atoms in total. The van der Waals surface area contributed by atoms with E-state index in [1.807, 2.05) is 32.1 Å². The predicted octanol–water partition coefficient (Wildman–Crippen LogP) is 2.62. The van der Waals surface area contributed by atoms with Crippen molar-refractivity contribution in [1.29, 1.82) is 5.26 Å². The van der Waals surface area contributed by atoms with Crippen molar-refractivity contribution < 1.29 is 14.4 Å². The molecule has 0 radical (unpaired) electrons. The summed E-state index contributed by atoms with van der Waals surface area (Å²) >= 11 is 0. The number of nitrogens with zero attached hydrogens (tertiary/aromatic N) is 3. The largest absolute Gasteiger partial charge is 0.295 e. The molecule has 6 heteroatoms. The molecule has 0 N–H and O–H groups in total. The van der Waals surface area contributed by atoms with Gasteiger partial charge in [0.25, 0.3) is 0 Å². The molecular formula is C21H23N3O3. The van der Waals surface area contributed by atoms with Gasteiger partial charge in [-0.2, -0.15) is 5.26 Å². The fraction of sp³-hybridized carbons (Fsp3) is 0.476. The van der Waals surface area contributed by atoms with Crippen LogP contribution in [-0.2, 0) is 14.4 Å². The van der Waals surface area contributed by atoms with E-state index in [0.717, 1.165) is 4.90 Å². The van der Waals surface area contributed by atoms with Crippen molar-refractivity contribution in [3.63, 3.8) is 0 Å². The van der Waals surface area contributed by atoms with E-state index >= 15 is 0 Å². The molecule has 1 fully saturated rings. The Hall–Kier alpha value is -2.81. The standard InChI is InChI=1S/C21H23N3O3/c1-13(2)11-18(19(25)16(12-22)17-9-5-6-10-23-17)24-20(26)14-7-3-4-8-15(14)21(24)27/h3-6,9-10,13-16,18H,7-8,11H2,1-2H3/t14-,15+,16-,18-/m1/s1. The van der Waals surface area contributed by atoms with Gasteiger partial charge in [0.2, 0.25) is 11.8 Å². The number of imide groups is 1. The summed E-state index contributed by atoms with van der Waals surface area (Å²) in [6.45, 7) is 3.87. The number of aromatic nitrogens is 1. The van der Waals surface area contributed by atoms with Gasteiger partial charge in [0.1, 0.15) is 12.0 Å². The number of allylic oxidation sites excluding steroid dienone is 2. The summed E-state index contributed by atoms with van der Waals surface area (Å²) in [7, 11) is 0. The molecule has 0 saturated carbocycles. The lowest BCUT2D eigenvalue weighted by Gasteiger charge is -2.28. The summed E-state index contributed by atoms with van der Waals surface area (Å²) in [6, 6.07) is 6.13. The number of amides is 2. The van der Waals surface area contributed by atoms with Crippen molar-refractivity contribution in [1.82, 2.24) is 9.88 Å². The first-order chi connectivity index (χ1) is 13.0. The average Bonchev–Trinajstić information content (AvgIpc) is 2.92. The molecule has 2 aliphatic rings. The SMILES string of the molecule is CC(C)C[C@H](C(=O)[C@H](C#N)c1ccccn1)N1C(=O)[C@H]2CC=CC[C@H]2C1=O. The number of rotatable bonds is 6. The molecule has 0 unspecified atom stereocenters. The molecule has 2 amide bonds. The molecule has 1 aromatic heterocycles. The highest BCUT2D eigenvalue weighted by atomic mass is 16.2. The number of fused-ring (bicyclic) bond motifs is 1. The highest BCUT2D eigenvalue weighted by molar-refractivity contribution is 6.09. The van der Waals surface area contributed by atoms with E-state index in [0.29, 0.717) is 25.0 Å². The molecule has 4 atom stereocenters. The molecular weight excluding hydrogens is 342 g/mol. The third kappa shape index (κ3) is 3.55. The fourth-order valence-electron chi connectivity index (χ4n) is 3.94. The molecule has 2 heterocycles. The van der Waals surface area contributed by atoms with Gasteiger partial charge in [-0.15, -0.1) is 0 Å². The number of carbonyl (C=O) groups excluding carboxylic acids is 3. The smallest absolute Gasteiger partial charge is 0.234 e. The number of hydrogen-bond acceptors (Lipinski definition) is 5. The van der Waals surface area contributed by atoms with E-state index in [-0.39, 0.29) is 29.6 Å². The Bertz CT molecular complexity index is 784. The van der Waals surface area contributed by atoms with Gasteiger partial charge < -0.3 is 0 Å². The van der Waals surface area contributed by atoms with Crippen molar-refractivity contribution in [2.24, 2.45) is 17.8 Å². The summed E-state index contributed by atoms with van der Waals surface area (Å²) in [5, 5.41) is 9.60. The van der Waals surface area contributed by atoms with Crippen LogP contribution in [0.3, 0.4) is 0 Å². The quantitative estimate of drug-likeness (QED) is 0.571. The Kier molecular flexibility index (Phi) is 5.50. The summed E-state index contributed by atoms with van der Waals surface area (Å²) in [5.74, 6) is -2.80.